The summed E-state index contributed by atoms with van der Waals surface area (Å²) in [5.41, 5.74) is 11.3. The van der Waals surface area contributed by atoms with E-state index in [1.165, 1.54) is 21.6 Å². The Hall–Kier alpha value is -4.06. The van der Waals surface area contributed by atoms with Gasteiger partial charge >= 0.3 is 0 Å². The molecule has 1 aliphatic heterocycles. The minimum Gasteiger partial charge on any atom is -0.378 e. The van der Waals surface area contributed by atoms with Crippen molar-refractivity contribution in [3.05, 3.63) is 63.6 Å². The highest BCUT2D eigenvalue weighted by molar-refractivity contribution is 7.11. The Morgan fingerprint density at radius 3 is 3.00 bits per heavy atom. The number of amides is 1. The van der Waals surface area contributed by atoms with Crippen LogP contribution in [0.25, 0.3) is 5.82 Å². The molecule has 5 rings (SSSR count). The smallest absolute Gasteiger partial charge is 0.293 e. The second-order valence-electron chi connectivity index (χ2n) is 6.78. The average Bonchev–Trinajstić information content (AvgIpc) is 3.56. The third-order valence-electron chi connectivity index (χ3n) is 4.90. The van der Waals surface area contributed by atoms with Crippen LogP contribution in [-0.4, -0.2) is 44.0 Å². The van der Waals surface area contributed by atoms with Crippen molar-refractivity contribution >= 4 is 35.0 Å². The molecule has 0 fully saturated rings. The lowest BCUT2D eigenvalue weighted by atomic mass is 10.2. The van der Waals surface area contributed by atoms with Gasteiger partial charge in [-0.3, -0.25) is 4.79 Å². The number of carbonyl (C=O) groups excluding carboxylic acids is 1. The minimum atomic E-state index is -0.489. The molecule has 0 unspecified atom stereocenters. The molecule has 0 bridgehead atoms. The lowest BCUT2D eigenvalue weighted by Gasteiger charge is -2.19. The van der Waals surface area contributed by atoms with Gasteiger partial charge in [-0.05, 0) is 39.8 Å². The van der Waals surface area contributed by atoms with Crippen LogP contribution in [0, 0.1) is 0 Å². The molecule has 1 aromatic carbocycles. The topological polar surface area (TPSA) is 140 Å². The number of hydrogen-bond donors (Lipinski definition) is 2. The van der Waals surface area contributed by atoms with Crippen LogP contribution in [0.15, 0.2) is 51.5 Å². The molecule has 0 saturated carbocycles. The number of anilines is 2. The first kappa shape index (κ1) is 18.9. The number of para-hydroxylation sites is 1. The zero-order valence-electron chi connectivity index (χ0n) is 16.2. The lowest BCUT2D eigenvalue weighted by molar-refractivity contribution is 0.0949. The molecular weight excluding hydrogens is 418 g/mol. The summed E-state index contributed by atoms with van der Waals surface area (Å²) in [5, 5.41) is 21.5. The van der Waals surface area contributed by atoms with E-state index in [9.17, 15) is 4.79 Å². The fourth-order valence-corrected chi connectivity index (χ4v) is 4.04. The van der Waals surface area contributed by atoms with Crippen LogP contribution < -0.4 is 16.1 Å². The van der Waals surface area contributed by atoms with Gasteiger partial charge in [0.15, 0.2) is 5.69 Å². The third kappa shape index (κ3) is 3.64. The quantitative estimate of drug-likeness (QED) is 0.344. The Morgan fingerprint density at radius 2 is 2.19 bits per heavy atom. The number of nitrogens with two attached hydrogens (primary N) is 1. The van der Waals surface area contributed by atoms with Crippen molar-refractivity contribution in [2.45, 2.75) is 13.0 Å². The molecule has 0 spiro atoms. The Labute approximate surface area is 180 Å². The average molecular weight is 435 g/mol. The maximum atomic E-state index is 12.8. The Bertz CT molecular complexity index is 1250. The summed E-state index contributed by atoms with van der Waals surface area (Å²) >= 11 is 1.51. The number of fused-ring (bicyclic) bond motifs is 1. The van der Waals surface area contributed by atoms with E-state index in [0.29, 0.717) is 12.2 Å². The molecule has 0 saturated heterocycles. The van der Waals surface area contributed by atoms with Gasteiger partial charge in [0, 0.05) is 17.1 Å². The van der Waals surface area contributed by atoms with E-state index < -0.39 is 5.91 Å². The highest BCUT2D eigenvalue weighted by atomic mass is 32.1. The van der Waals surface area contributed by atoms with Crippen molar-refractivity contribution < 1.29 is 9.42 Å². The predicted octanol–water partition coefficient (Wildman–Crippen LogP) is 1.62. The van der Waals surface area contributed by atoms with Crippen molar-refractivity contribution in [1.82, 2.24) is 30.7 Å². The molecule has 4 aromatic rings. The van der Waals surface area contributed by atoms with Gasteiger partial charge in [-0.2, -0.15) is 9.78 Å². The monoisotopic (exact) mass is 435 g/mol. The number of hydrazone groups is 1. The largest absolute Gasteiger partial charge is 0.378 e. The molecule has 156 valence electrons. The van der Waals surface area contributed by atoms with E-state index in [1.54, 1.807) is 6.21 Å². The molecule has 3 aromatic heterocycles. The van der Waals surface area contributed by atoms with Crippen LogP contribution in [-0.2, 0) is 13.0 Å². The van der Waals surface area contributed by atoms with Gasteiger partial charge in [-0.25, -0.2) is 10.1 Å². The van der Waals surface area contributed by atoms with Crippen molar-refractivity contribution in [2.24, 2.45) is 5.10 Å². The van der Waals surface area contributed by atoms with E-state index in [1.807, 2.05) is 35.7 Å². The van der Waals surface area contributed by atoms with Crippen molar-refractivity contribution in [3.63, 3.8) is 0 Å². The van der Waals surface area contributed by atoms with Gasteiger partial charge in [-0.1, -0.05) is 29.5 Å². The summed E-state index contributed by atoms with van der Waals surface area (Å²) in [7, 11) is 0. The third-order valence-corrected chi connectivity index (χ3v) is 5.71. The Morgan fingerprint density at radius 1 is 1.29 bits per heavy atom. The van der Waals surface area contributed by atoms with E-state index in [4.69, 9.17) is 10.4 Å². The number of rotatable bonds is 6. The van der Waals surface area contributed by atoms with E-state index >= 15 is 0 Å². The highest BCUT2D eigenvalue weighted by Gasteiger charge is 2.27. The van der Waals surface area contributed by atoms with Gasteiger partial charge in [0.05, 0.1) is 18.5 Å². The number of nitrogen functional groups attached to an aromatic ring is 1. The number of carbonyl (C=O) groups is 1. The SMILES string of the molecule is Nc1nonc1-n1nnc(C(=O)NN=Cc2cccs2)c1CN1CCc2ccccc21. The van der Waals surface area contributed by atoms with Crippen molar-refractivity contribution in [3.8, 4) is 5.82 Å². The van der Waals surface area contributed by atoms with Crippen LogP contribution in [0.5, 0.6) is 0 Å². The van der Waals surface area contributed by atoms with Crippen LogP contribution in [0.2, 0.25) is 0 Å². The molecule has 31 heavy (non-hydrogen) atoms. The van der Waals surface area contributed by atoms with E-state index in [0.717, 1.165) is 23.5 Å². The van der Waals surface area contributed by atoms with Gasteiger partial charge < -0.3 is 10.6 Å². The fourth-order valence-electron chi connectivity index (χ4n) is 3.45. The highest BCUT2D eigenvalue weighted by Crippen LogP contribution is 2.30. The maximum Gasteiger partial charge on any atom is 0.293 e. The molecule has 4 heterocycles. The summed E-state index contributed by atoms with van der Waals surface area (Å²) in [4.78, 5) is 15.9. The van der Waals surface area contributed by atoms with Gasteiger partial charge in [0.2, 0.25) is 11.6 Å². The number of nitrogens with one attached hydrogen (secondary N) is 1. The molecule has 0 aliphatic carbocycles. The molecule has 3 N–H and O–H groups in total. The first-order chi connectivity index (χ1) is 15.2. The van der Waals surface area contributed by atoms with Gasteiger partial charge in [0.25, 0.3) is 5.91 Å². The van der Waals surface area contributed by atoms with Crippen molar-refractivity contribution in [2.75, 3.05) is 17.2 Å². The molecule has 0 atom stereocenters. The summed E-state index contributed by atoms with van der Waals surface area (Å²) < 4.78 is 6.09. The standard InChI is InChI=1S/C19H17N9O2S/c20-17-18(25-30-24-17)28-15(11-27-8-7-12-4-1-2-6-14(12)27)16(22-26-28)19(29)23-21-10-13-5-3-9-31-13/h1-6,9-10H,7-8,11H2,(H2,20,24)(H,23,29). The summed E-state index contributed by atoms with van der Waals surface area (Å²) in [6, 6.07) is 11.9. The van der Waals surface area contributed by atoms with Crippen molar-refractivity contribution in [1.29, 1.82) is 0 Å². The zero-order chi connectivity index (χ0) is 21.2. The second-order valence-corrected chi connectivity index (χ2v) is 7.76. The molecular formula is C19H17N9O2S. The number of benzene rings is 1. The first-order valence-electron chi connectivity index (χ1n) is 9.43. The Kier molecular flexibility index (Phi) is 4.88. The summed E-state index contributed by atoms with van der Waals surface area (Å²) in [6.45, 7) is 1.17. The first-order valence-corrected chi connectivity index (χ1v) is 10.3. The summed E-state index contributed by atoms with van der Waals surface area (Å²) in [6.07, 6.45) is 2.49. The molecule has 12 heteroatoms. The van der Waals surface area contributed by atoms with Crippen LogP contribution >= 0.6 is 11.3 Å². The van der Waals surface area contributed by atoms with E-state index in [-0.39, 0.29) is 17.3 Å². The Balaban J connectivity index is 1.46. The number of hydrogen-bond acceptors (Lipinski definition) is 10. The van der Waals surface area contributed by atoms with Crippen LogP contribution in [0.1, 0.15) is 26.6 Å². The second kappa shape index (κ2) is 7.99. The predicted molar refractivity (Wildman–Crippen MR) is 114 cm³/mol. The summed E-state index contributed by atoms with van der Waals surface area (Å²) in [5.74, 6) is -0.261. The van der Waals surface area contributed by atoms with Crippen LogP contribution in [0.3, 0.4) is 0 Å². The molecule has 1 aliphatic rings. The maximum absolute atomic E-state index is 12.8. The fraction of sp³-hybridized carbons (Fsp3) is 0.158. The number of thiophene rings is 1. The zero-order valence-corrected chi connectivity index (χ0v) is 17.0. The van der Waals surface area contributed by atoms with Gasteiger partial charge in [-0.15, -0.1) is 16.4 Å². The van der Waals surface area contributed by atoms with Crippen LogP contribution in [0.4, 0.5) is 11.5 Å². The lowest BCUT2D eigenvalue weighted by Crippen LogP contribution is -2.26. The number of nitrogens with zero attached hydrogens (tertiary/aromatic N) is 7. The van der Waals surface area contributed by atoms with E-state index in [2.05, 4.69) is 42.1 Å². The molecule has 11 nitrogen and oxygen atoms in total. The molecule has 0 radical (unpaired) electrons. The van der Waals surface area contributed by atoms with Gasteiger partial charge in [0.1, 0.15) is 0 Å². The molecule has 1 amide bonds. The minimum absolute atomic E-state index is 0.0515. The normalized spacial score (nSPS) is 13.1. The number of aromatic nitrogens is 5.